The molecule has 0 aromatic heterocycles. The normalized spacial score (nSPS) is 24.0. The Hall–Kier alpha value is -1.31. The maximum absolute atomic E-state index is 13.1. The highest BCUT2D eigenvalue weighted by Crippen LogP contribution is 2.44. The van der Waals surface area contributed by atoms with E-state index >= 15 is 0 Å². The number of hydrogen-bond donors (Lipinski definition) is 2. The lowest BCUT2D eigenvalue weighted by atomic mass is 9.84. The van der Waals surface area contributed by atoms with E-state index < -0.39 is 36.5 Å². The van der Waals surface area contributed by atoms with Gasteiger partial charge in [0, 0.05) is 13.1 Å². The molecule has 0 aromatic rings. The molecule has 1 heterocycles. The number of primary amides is 1. The monoisotopic (exact) mass is 267 g/mol. The van der Waals surface area contributed by atoms with Crippen LogP contribution in [-0.2, 0) is 9.59 Å². The van der Waals surface area contributed by atoms with Crippen LogP contribution in [0.2, 0.25) is 0 Å². The third-order valence-electron chi connectivity index (χ3n) is 3.12. The number of alkyl halides is 3. The third-order valence-corrected chi connectivity index (χ3v) is 3.12. The molecule has 0 radical (unpaired) electrons. The van der Waals surface area contributed by atoms with Gasteiger partial charge in [0.05, 0.1) is 6.54 Å². The third kappa shape index (κ3) is 2.58. The van der Waals surface area contributed by atoms with E-state index in [1.54, 1.807) is 0 Å². The predicted molar refractivity (Wildman–Crippen MR) is 57.4 cm³/mol. The molecule has 2 amide bonds. The van der Waals surface area contributed by atoms with Gasteiger partial charge < -0.3 is 16.0 Å². The van der Waals surface area contributed by atoms with Crippen molar-refractivity contribution >= 4 is 11.8 Å². The first-order chi connectivity index (χ1) is 8.24. The van der Waals surface area contributed by atoms with Gasteiger partial charge in [0.2, 0.25) is 11.8 Å². The molecular formula is C10H16F3N3O2. The van der Waals surface area contributed by atoms with Crippen molar-refractivity contribution in [3.05, 3.63) is 0 Å². The first kappa shape index (κ1) is 14.7. The summed E-state index contributed by atoms with van der Waals surface area (Å²) < 4.78 is 39.3. The number of hydrogen-bond acceptors (Lipinski definition) is 3. The van der Waals surface area contributed by atoms with Gasteiger partial charge in [-0.15, -0.1) is 0 Å². The number of amides is 2. The Morgan fingerprint density at radius 3 is 2.39 bits per heavy atom. The van der Waals surface area contributed by atoms with E-state index in [1.807, 2.05) is 0 Å². The van der Waals surface area contributed by atoms with Crippen LogP contribution < -0.4 is 11.1 Å². The summed E-state index contributed by atoms with van der Waals surface area (Å²) in [6, 6.07) is 0. The molecule has 1 fully saturated rings. The Kier molecular flexibility index (Phi) is 4.20. The Balaban J connectivity index is 2.99. The molecule has 0 saturated carbocycles. The summed E-state index contributed by atoms with van der Waals surface area (Å²) in [7, 11) is 0. The minimum atomic E-state index is -4.64. The average Bonchev–Trinajstić information content (AvgIpc) is 2.74. The lowest BCUT2D eigenvalue weighted by Crippen LogP contribution is -2.55. The highest BCUT2D eigenvalue weighted by molar-refractivity contribution is 5.88. The molecule has 1 atom stereocenters. The lowest BCUT2D eigenvalue weighted by Gasteiger charge is -2.34. The second-order valence-electron chi connectivity index (χ2n) is 4.29. The van der Waals surface area contributed by atoms with Gasteiger partial charge in [0.15, 0.2) is 5.41 Å². The Morgan fingerprint density at radius 1 is 1.44 bits per heavy atom. The fourth-order valence-electron chi connectivity index (χ4n) is 2.06. The number of halogens is 3. The predicted octanol–water partition coefficient (Wildman–Crippen LogP) is -0.138. The van der Waals surface area contributed by atoms with Crippen molar-refractivity contribution in [3.8, 4) is 0 Å². The van der Waals surface area contributed by atoms with Gasteiger partial charge in [-0.3, -0.25) is 9.59 Å². The van der Waals surface area contributed by atoms with Gasteiger partial charge in [-0.2, -0.15) is 13.2 Å². The van der Waals surface area contributed by atoms with Crippen LogP contribution in [0.5, 0.6) is 0 Å². The van der Waals surface area contributed by atoms with Crippen LogP contribution in [0.1, 0.15) is 13.3 Å². The van der Waals surface area contributed by atoms with Gasteiger partial charge in [-0.05, 0) is 19.9 Å². The number of rotatable bonds is 4. The molecule has 3 N–H and O–H groups in total. The summed E-state index contributed by atoms with van der Waals surface area (Å²) in [5.74, 6) is -1.91. The molecule has 1 aliphatic rings. The van der Waals surface area contributed by atoms with E-state index in [0.29, 0.717) is 0 Å². The fourth-order valence-corrected chi connectivity index (χ4v) is 2.06. The Labute approximate surface area is 102 Å². The van der Waals surface area contributed by atoms with Crippen molar-refractivity contribution in [1.82, 2.24) is 10.2 Å². The summed E-state index contributed by atoms with van der Waals surface area (Å²) in [5, 5.41) is 2.55. The number of nitrogens with one attached hydrogen (secondary N) is 1. The van der Waals surface area contributed by atoms with E-state index in [-0.39, 0.29) is 19.5 Å². The minimum absolute atomic E-state index is 0.0135. The van der Waals surface area contributed by atoms with E-state index in [9.17, 15) is 22.8 Å². The maximum Gasteiger partial charge on any atom is 0.404 e. The molecule has 1 aliphatic heterocycles. The zero-order valence-electron chi connectivity index (χ0n) is 10.0. The standard InChI is InChI=1S/C10H16F3N3O2/c1-2-16(5-7(14)17)8(18)9(10(11,12)13)3-4-15-6-9/h15H,2-6H2,1H3,(H2,14,17). The molecule has 18 heavy (non-hydrogen) atoms. The van der Waals surface area contributed by atoms with Crippen LogP contribution in [0.3, 0.4) is 0 Å². The molecular weight excluding hydrogens is 251 g/mol. The minimum Gasteiger partial charge on any atom is -0.368 e. The van der Waals surface area contributed by atoms with Crippen LogP contribution in [0, 0.1) is 5.41 Å². The smallest absolute Gasteiger partial charge is 0.368 e. The van der Waals surface area contributed by atoms with E-state index in [1.165, 1.54) is 6.92 Å². The highest BCUT2D eigenvalue weighted by atomic mass is 19.4. The fraction of sp³-hybridized carbons (Fsp3) is 0.800. The number of likely N-dealkylation sites (N-methyl/N-ethyl adjacent to an activating group) is 1. The maximum atomic E-state index is 13.1. The van der Waals surface area contributed by atoms with Crippen molar-refractivity contribution in [3.63, 3.8) is 0 Å². The van der Waals surface area contributed by atoms with Gasteiger partial charge in [-0.1, -0.05) is 0 Å². The first-order valence-electron chi connectivity index (χ1n) is 5.59. The van der Waals surface area contributed by atoms with E-state index in [2.05, 4.69) is 5.32 Å². The van der Waals surface area contributed by atoms with Crippen molar-refractivity contribution in [1.29, 1.82) is 0 Å². The molecule has 0 spiro atoms. The van der Waals surface area contributed by atoms with Crippen LogP contribution in [0.4, 0.5) is 13.2 Å². The van der Waals surface area contributed by atoms with Crippen LogP contribution in [0.25, 0.3) is 0 Å². The van der Waals surface area contributed by atoms with Gasteiger partial charge >= 0.3 is 6.18 Å². The van der Waals surface area contributed by atoms with Gasteiger partial charge in [0.25, 0.3) is 0 Å². The van der Waals surface area contributed by atoms with Crippen molar-refractivity contribution in [2.75, 3.05) is 26.2 Å². The Bertz CT molecular complexity index is 338. The average molecular weight is 267 g/mol. The zero-order chi connectivity index (χ0) is 14.0. The van der Waals surface area contributed by atoms with Crippen molar-refractivity contribution in [2.24, 2.45) is 11.1 Å². The van der Waals surface area contributed by atoms with Crippen molar-refractivity contribution < 1.29 is 22.8 Å². The topological polar surface area (TPSA) is 75.4 Å². The van der Waals surface area contributed by atoms with Crippen LogP contribution in [-0.4, -0.2) is 49.1 Å². The molecule has 1 rings (SSSR count). The molecule has 1 saturated heterocycles. The largest absolute Gasteiger partial charge is 0.404 e. The summed E-state index contributed by atoms with van der Waals surface area (Å²) in [6.07, 6.45) is -4.96. The van der Waals surface area contributed by atoms with Crippen molar-refractivity contribution in [2.45, 2.75) is 19.5 Å². The summed E-state index contributed by atoms with van der Waals surface area (Å²) in [6.45, 7) is 0.698. The van der Waals surface area contributed by atoms with Gasteiger partial charge in [0.1, 0.15) is 0 Å². The van der Waals surface area contributed by atoms with E-state index in [0.717, 1.165) is 4.90 Å². The number of nitrogens with zero attached hydrogens (tertiary/aromatic N) is 1. The lowest BCUT2D eigenvalue weighted by molar-refractivity contribution is -0.221. The number of carbonyl (C=O) groups is 2. The quantitative estimate of drug-likeness (QED) is 0.744. The number of nitrogens with two attached hydrogens (primary N) is 1. The molecule has 104 valence electrons. The second-order valence-corrected chi connectivity index (χ2v) is 4.29. The first-order valence-corrected chi connectivity index (χ1v) is 5.59. The summed E-state index contributed by atoms with van der Waals surface area (Å²) in [5.41, 5.74) is 2.50. The molecule has 0 aromatic carbocycles. The van der Waals surface area contributed by atoms with E-state index in [4.69, 9.17) is 5.73 Å². The van der Waals surface area contributed by atoms with Crippen LogP contribution in [0.15, 0.2) is 0 Å². The highest BCUT2D eigenvalue weighted by Gasteiger charge is 2.62. The SMILES string of the molecule is CCN(CC(N)=O)C(=O)C1(C(F)(F)F)CCNC1. The van der Waals surface area contributed by atoms with Gasteiger partial charge in [-0.25, -0.2) is 0 Å². The molecule has 8 heteroatoms. The molecule has 1 unspecified atom stereocenters. The summed E-state index contributed by atoms with van der Waals surface area (Å²) >= 11 is 0. The molecule has 5 nitrogen and oxygen atoms in total. The van der Waals surface area contributed by atoms with Crippen LogP contribution >= 0.6 is 0 Å². The molecule has 0 bridgehead atoms. The second kappa shape index (κ2) is 5.13. The Morgan fingerprint density at radius 2 is 2.06 bits per heavy atom. The zero-order valence-corrected chi connectivity index (χ0v) is 10.0. The molecule has 0 aliphatic carbocycles. The summed E-state index contributed by atoms with van der Waals surface area (Å²) in [4.78, 5) is 23.7. The number of carbonyl (C=O) groups excluding carboxylic acids is 2.